The zero-order valence-electron chi connectivity index (χ0n) is 10.2. The third-order valence-electron chi connectivity index (χ3n) is 3.97. The fourth-order valence-electron chi connectivity index (χ4n) is 3.19. The van der Waals surface area contributed by atoms with E-state index >= 15 is 0 Å². The van der Waals surface area contributed by atoms with Crippen LogP contribution >= 0.6 is 12.6 Å². The molecule has 2 heterocycles. The average molecular weight is 249 g/mol. The van der Waals surface area contributed by atoms with Gasteiger partial charge in [-0.25, -0.2) is 0 Å². The van der Waals surface area contributed by atoms with Crippen LogP contribution in [0.1, 0.15) is 41.7 Å². The van der Waals surface area contributed by atoms with E-state index in [4.69, 9.17) is 0 Å². The van der Waals surface area contributed by atoms with Gasteiger partial charge in [-0.15, -0.1) is 0 Å². The van der Waals surface area contributed by atoms with Gasteiger partial charge in [-0.2, -0.15) is 12.6 Å². The summed E-state index contributed by atoms with van der Waals surface area (Å²) < 4.78 is 0. The summed E-state index contributed by atoms with van der Waals surface area (Å²) in [5, 5.41) is 10.5. The fraction of sp³-hybridized carbons (Fsp3) is 0.571. The second-order valence-corrected chi connectivity index (χ2v) is 5.95. The van der Waals surface area contributed by atoms with Crippen LogP contribution in [0.15, 0.2) is 6.07 Å². The quantitative estimate of drug-likeness (QED) is 0.747. The van der Waals surface area contributed by atoms with Crippen molar-refractivity contribution in [3.05, 3.63) is 22.8 Å². The van der Waals surface area contributed by atoms with Crippen molar-refractivity contribution in [2.24, 2.45) is 0 Å². The number of aryl methyl sites for hydroxylation is 1. The third-order valence-corrected chi connectivity index (χ3v) is 4.25. The Morgan fingerprint density at radius 3 is 2.71 bits per heavy atom. The number of rotatable bonds is 1. The Morgan fingerprint density at radius 2 is 2.00 bits per heavy atom. The molecule has 2 nitrogen and oxygen atoms in total. The topological polar surface area (TPSA) is 23.5 Å². The number of hydrogen-bond acceptors (Lipinski definition) is 3. The van der Waals surface area contributed by atoms with E-state index in [9.17, 15) is 5.11 Å². The maximum absolute atomic E-state index is 10.4. The molecule has 3 rings (SSSR count). The molecule has 17 heavy (non-hydrogen) atoms. The Balaban J connectivity index is 2.22. The van der Waals surface area contributed by atoms with Crippen LogP contribution in [0.25, 0.3) is 0 Å². The summed E-state index contributed by atoms with van der Waals surface area (Å²) in [7, 11) is 0. The molecule has 1 aromatic carbocycles. The molecule has 2 aliphatic rings. The first kappa shape index (κ1) is 11.3. The molecule has 1 atom stereocenters. The minimum absolute atomic E-state index is 0.105. The smallest absolute Gasteiger partial charge is 0.125 e. The third kappa shape index (κ3) is 1.71. The van der Waals surface area contributed by atoms with Crippen molar-refractivity contribution < 1.29 is 5.11 Å². The van der Waals surface area contributed by atoms with Gasteiger partial charge in [0, 0.05) is 35.2 Å². The predicted molar refractivity (Wildman–Crippen MR) is 74.4 cm³/mol. The SMILES string of the molecule is CC(S)c1cc2c3c(c1O)CCCN3CCC2. The van der Waals surface area contributed by atoms with Crippen molar-refractivity contribution in [2.45, 2.75) is 37.9 Å². The van der Waals surface area contributed by atoms with Crippen molar-refractivity contribution in [1.82, 2.24) is 0 Å². The van der Waals surface area contributed by atoms with Crippen LogP contribution < -0.4 is 4.90 Å². The largest absolute Gasteiger partial charge is 0.507 e. The summed E-state index contributed by atoms with van der Waals surface area (Å²) in [6, 6.07) is 2.17. The normalized spacial score (nSPS) is 20.0. The number of hydrogen-bond donors (Lipinski definition) is 2. The summed E-state index contributed by atoms with van der Waals surface area (Å²) in [5.41, 5.74) is 4.92. The van der Waals surface area contributed by atoms with E-state index in [1.807, 2.05) is 6.92 Å². The lowest BCUT2D eigenvalue weighted by Crippen LogP contribution is -2.34. The van der Waals surface area contributed by atoms with Crippen LogP contribution in [0.5, 0.6) is 5.75 Å². The first-order valence-electron chi connectivity index (χ1n) is 6.49. The van der Waals surface area contributed by atoms with Gasteiger partial charge in [0.15, 0.2) is 0 Å². The standard InChI is InChI=1S/C14H19NOS/c1-9(17)12-8-10-4-2-6-15-7-3-5-11(13(10)15)14(12)16/h8-9,16-17H,2-7H2,1H3. The van der Waals surface area contributed by atoms with E-state index in [0.29, 0.717) is 5.75 Å². The Labute approximate surface area is 108 Å². The molecule has 0 fully saturated rings. The number of aromatic hydroxyl groups is 1. The van der Waals surface area contributed by atoms with Gasteiger partial charge < -0.3 is 10.0 Å². The molecule has 0 amide bonds. The van der Waals surface area contributed by atoms with Gasteiger partial charge in [-0.1, -0.05) is 0 Å². The van der Waals surface area contributed by atoms with Gasteiger partial charge in [0.1, 0.15) is 5.75 Å². The predicted octanol–water partition coefficient (Wildman–Crippen LogP) is 3.08. The lowest BCUT2D eigenvalue weighted by molar-refractivity contribution is 0.455. The highest BCUT2D eigenvalue weighted by atomic mass is 32.1. The zero-order valence-corrected chi connectivity index (χ0v) is 11.1. The molecule has 3 heteroatoms. The lowest BCUT2D eigenvalue weighted by atomic mass is 9.88. The molecule has 0 saturated heterocycles. The van der Waals surface area contributed by atoms with Crippen LogP contribution in [-0.4, -0.2) is 18.2 Å². The van der Waals surface area contributed by atoms with Gasteiger partial charge in [-0.3, -0.25) is 0 Å². The summed E-state index contributed by atoms with van der Waals surface area (Å²) in [6.45, 7) is 4.32. The van der Waals surface area contributed by atoms with Crippen LogP contribution in [-0.2, 0) is 12.8 Å². The number of anilines is 1. The Morgan fingerprint density at radius 1 is 1.29 bits per heavy atom. The van der Waals surface area contributed by atoms with Crippen molar-refractivity contribution in [3.63, 3.8) is 0 Å². The van der Waals surface area contributed by atoms with Gasteiger partial charge in [-0.05, 0) is 44.2 Å². The summed E-state index contributed by atoms with van der Waals surface area (Å²) in [4.78, 5) is 2.45. The zero-order chi connectivity index (χ0) is 12.0. The number of benzene rings is 1. The monoisotopic (exact) mass is 249 g/mol. The van der Waals surface area contributed by atoms with E-state index in [0.717, 1.165) is 37.9 Å². The molecular weight excluding hydrogens is 230 g/mol. The van der Waals surface area contributed by atoms with Crippen LogP contribution in [0.3, 0.4) is 0 Å². The van der Waals surface area contributed by atoms with E-state index in [1.54, 1.807) is 0 Å². The molecule has 0 aliphatic carbocycles. The summed E-state index contributed by atoms with van der Waals surface area (Å²) in [6.07, 6.45) is 4.55. The molecule has 92 valence electrons. The van der Waals surface area contributed by atoms with Crippen molar-refractivity contribution in [3.8, 4) is 5.75 Å². The first-order chi connectivity index (χ1) is 8.18. The van der Waals surface area contributed by atoms with Gasteiger partial charge >= 0.3 is 0 Å². The molecule has 0 saturated carbocycles. The molecular formula is C14H19NOS. The average Bonchev–Trinajstić information content (AvgIpc) is 2.33. The van der Waals surface area contributed by atoms with Crippen LogP contribution in [0, 0.1) is 0 Å². The van der Waals surface area contributed by atoms with Crippen molar-refractivity contribution in [1.29, 1.82) is 0 Å². The first-order valence-corrected chi connectivity index (χ1v) is 7.00. The highest BCUT2D eigenvalue weighted by molar-refractivity contribution is 7.80. The fourth-order valence-corrected chi connectivity index (χ4v) is 3.38. The second-order valence-electron chi connectivity index (χ2n) is 5.17. The van der Waals surface area contributed by atoms with E-state index in [2.05, 4.69) is 23.6 Å². The molecule has 1 unspecified atom stereocenters. The van der Waals surface area contributed by atoms with E-state index in [-0.39, 0.29) is 5.25 Å². The minimum atomic E-state index is 0.105. The molecule has 2 aliphatic heterocycles. The number of thiol groups is 1. The molecule has 0 radical (unpaired) electrons. The van der Waals surface area contributed by atoms with Crippen LogP contribution in [0.2, 0.25) is 0 Å². The van der Waals surface area contributed by atoms with Gasteiger partial charge in [0.05, 0.1) is 0 Å². The summed E-state index contributed by atoms with van der Waals surface area (Å²) in [5.74, 6) is 0.498. The molecule has 1 N–H and O–H groups in total. The van der Waals surface area contributed by atoms with Crippen LogP contribution in [0.4, 0.5) is 5.69 Å². The minimum Gasteiger partial charge on any atom is -0.507 e. The van der Waals surface area contributed by atoms with Gasteiger partial charge in [0.2, 0.25) is 0 Å². The highest BCUT2D eigenvalue weighted by Gasteiger charge is 2.28. The second kappa shape index (κ2) is 4.13. The molecule has 0 aromatic heterocycles. The summed E-state index contributed by atoms with van der Waals surface area (Å²) >= 11 is 4.48. The maximum Gasteiger partial charge on any atom is 0.125 e. The number of phenols is 1. The Hall–Kier alpha value is -0.830. The molecule has 1 aromatic rings. The van der Waals surface area contributed by atoms with Crippen molar-refractivity contribution in [2.75, 3.05) is 18.0 Å². The highest BCUT2D eigenvalue weighted by Crippen LogP contribution is 2.44. The Bertz CT molecular complexity index is 454. The van der Waals surface area contributed by atoms with Crippen molar-refractivity contribution >= 4 is 18.3 Å². The Kier molecular flexibility index (Phi) is 2.74. The number of nitrogens with zero attached hydrogens (tertiary/aromatic N) is 1. The maximum atomic E-state index is 10.4. The lowest BCUT2D eigenvalue weighted by Gasteiger charge is -2.38. The molecule has 0 spiro atoms. The van der Waals surface area contributed by atoms with E-state index in [1.165, 1.54) is 23.2 Å². The van der Waals surface area contributed by atoms with E-state index < -0.39 is 0 Å². The number of phenolic OH excluding ortho intramolecular Hbond substituents is 1. The molecule has 0 bridgehead atoms. The van der Waals surface area contributed by atoms with Gasteiger partial charge in [0.25, 0.3) is 0 Å².